The molecule has 0 spiro atoms. The lowest BCUT2D eigenvalue weighted by molar-refractivity contribution is 0.0963. The fraction of sp³-hybridized carbons (Fsp3) is 0.462. The van der Waals surface area contributed by atoms with Gasteiger partial charge in [0.15, 0.2) is 0 Å². The van der Waals surface area contributed by atoms with Crippen molar-refractivity contribution in [2.75, 3.05) is 12.4 Å². The molecule has 0 fully saturated rings. The van der Waals surface area contributed by atoms with Gasteiger partial charge in [0.25, 0.3) is 5.91 Å². The predicted octanol–water partition coefficient (Wildman–Crippen LogP) is 2.50. The van der Waals surface area contributed by atoms with Gasteiger partial charge in [-0.25, -0.2) is 0 Å². The fourth-order valence-corrected chi connectivity index (χ4v) is 1.32. The SMILES string of the molecule is CNC(=O)c1cccc(NC(C)C(C)C)c1. The Morgan fingerprint density at radius 1 is 1.25 bits per heavy atom. The molecule has 0 bridgehead atoms. The standard InChI is InChI=1S/C13H20N2O/c1-9(2)10(3)15-12-7-5-6-11(8-12)13(16)14-4/h5-10,15H,1-4H3,(H,14,16). The summed E-state index contributed by atoms with van der Waals surface area (Å²) in [6.07, 6.45) is 0. The first-order valence-corrected chi connectivity index (χ1v) is 5.63. The average molecular weight is 220 g/mol. The van der Waals surface area contributed by atoms with Gasteiger partial charge in [0, 0.05) is 24.3 Å². The van der Waals surface area contributed by atoms with Crippen molar-refractivity contribution in [1.29, 1.82) is 0 Å². The third-order valence-corrected chi connectivity index (χ3v) is 2.75. The number of carbonyl (C=O) groups is 1. The summed E-state index contributed by atoms with van der Waals surface area (Å²) < 4.78 is 0. The predicted molar refractivity (Wildman–Crippen MR) is 67.8 cm³/mol. The fourth-order valence-electron chi connectivity index (χ4n) is 1.32. The molecule has 0 aliphatic heterocycles. The third kappa shape index (κ3) is 3.26. The van der Waals surface area contributed by atoms with Gasteiger partial charge in [-0.3, -0.25) is 4.79 Å². The maximum absolute atomic E-state index is 11.4. The van der Waals surface area contributed by atoms with Crippen molar-refractivity contribution in [3.63, 3.8) is 0 Å². The van der Waals surface area contributed by atoms with E-state index in [-0.39, 0.29) is 5.91 Å². The molecule has 0 saturated heterocycles. The van der Waals surface area contributed by atoms with E-state index in [0.717, 1.165) is 5.69 Å². The van der Waals surface area contributed by atoms with Crippen LogP contribution in [-0.4, -0.2) is 19.0 Å². The lowest BCUT2D eigenvalue weighted by Crippen LogP contribution is -2.22. The van der Waals surface area contributed by atoms with E-state index in [2.05, 4.69) is 31.4 Å². The summed E-state index contributed by atoms with van der Waals surface area (Å²) in [5.74, 6) is 0.504. The zero-order valence-corrected chi connectivity index (χ0v) is 10.4. The number of carbonyl (C=O) groups excluding carboxylic acids is 1. The molecule has 0 aromatic heterocycles. The number of rotatable bonds is 4. The smallest absolute Gasteiger partial charge is 0.251 e. The maximum atomic E-state index is 11.4. The largest absolute Gasteiger partial charge is 0.382 e. The molecule has 16 heavy (non-hydrogen) atoms. The summed E-state index contributed by atoms with van der Waals surface area (Å²) in [5.41, 5.74) is 1.67. The van der Waals surface area contributed by atoms with Crippen molar-refractivity contribution >= 4 is 11.6 Å². The lowest BCUT2D eigenvalue weighted by atomic mass is 10.1. The zero-order chi connectivity index (χ0) is 12.1. The van der Waals surface area contributed by atoms with Crippen LogP contribution >= 0.6 is 0 Å². The third-order valence-electron chi connectivity index (χ3n) is 2.75. The molecule has 1 unspecified atom stereocenters. The number of anilines is 1. The van der Waals surface area contributed by atoms with Gasteiger partial charge in [-0.05, 0) is 31.0 Å². The highest BCUT2D eigenvalue weighted by Crippen LogP contribution is 2.14. The molecule has 0 aliphatic rings. The minimum atomic E-state index is -0.0548. The number of hydrogen-bond acceptors (Lipinski definition) is 2. The summed E-state index contributed by atoms with van der Waals surface area (Å²) in [6, 6.07) is 7.94. The van der Waals surface area contributed by atoms with Crippen molar-refractivity contribution < 1.29 is 4.79 Å². The van der Waals surface area contributed by atoms with Gasteiger partial charge in [-0.15, -0.1) is 0 Å². The summed E-state index contributed by atoms with van der Waals surface area (Å²) in [7, 11) is 1.64. The molecule has 1 atom stereocenters. The lowest BCUT2D eigenvalue weighted by Gasteiger charge is -2.19. The second kappa shape index (κ2) is 5.54. The Hall–Kier alpha value is -1.51. The highest BCUT2D eigenvalue weighted by atomic mass is 16.1. The molecular weight excluding hydrogens is 200 g/mol. The first-order chi connectivity index (χ1) is 7.54. The van der Waals surface area contributed by atoms with Crippen molar-refractivity contribution in [2.45, 2.75) is 26.8 Å². The first-order valence-electron chi connectivity index (χ1n) is 5.63. The maximum Gasteiger partial charge on any atom is 0.251 e. The number of benzene rings is 1. The van der Waals surface area contributed by atoms with Crippen molar-refractivity contribution in [3.05, 3.63) is 29.8 Å². The number of hydrogen-bond donors (Lipinski definition) is 2. The van der Waals surface area contributed by atoms with Gasteiger partial charge in [0.2, 0.25) is 0 Å². The van der Waals surface area contributed by atoms with E-state index in [4.69, 9.17) is 0 Å². The molecule has 0 saturated carbocycles. The molecule has 1 aromatic rings. The topological polar surface area (TPSA) is 41.1 Å². The van der Waals surface area contributed by atoms with Gasteiger partial charge in [0.1, 0.15) is 0 Å². The van der Waals surface area contributed by atoms with E-state index in [1.54, 1.807) is 7.05 Å². The van der Waals surface area contributed by atoms with Crippen LogP contribution in [0, 0.1) is 5.92 Å². The Morgan fingerprint density at radius 3 is 2.50 bits per heavy atom. The van der Waals surface area contributed by atoms with Crippen LogP contribution in [0.3, 0.4) is 0 Å². The Balaban J connectivity index is 2.78. The molecule has 3 heteroatoms. The van der Waals surface area contributed by atoms with E-state index >= 15 is 0 Å². The number of amides is 1. The van der Waals surface area contributed by atoms with Gasteiger partial charge in [-0.2, -0.15) is 0 Å². The summed E-state index contributed by atoms with van der Waals surface area (Å²) in [4.78, 5) is 11.4. The van der Waals surface area contributed by atoms with Gasteiger partial charge < -0.3 is 10.6 Å². The summed E-state index contributed by atoms with van der Waals surface area (Å²) in [6.45, 7) is 6.47. The van der Waals surface area contributed by atoms with Gasteiger partial charge in [-0.1, -0.05) is 19.9 Å². The van der Waals surface area contributed by atoms with E-state index < -0.39 is 0 Å². The Bertz CT molecular complexity index is 361. The molecule has 3 nitrogen and oxygen atoms in total. The molecule has 0 aliphatic carbocycles. The van der Waals surface area contributed by atoms with Crippen LogP contribution in [0.4, 0.5) is 5.69 Å². The molecular formula is C13H20N2O. The quantitative estimate of drug-likeness (QED) is 0.818. The van der Waals surface area contributed by atoms with E-state index in [1.165, 1.54) is 0 Å². The second-order valence-electron chi connectivity index (χ2n) is 4.34. The highest BCUT2D eigenvalue weighted by Gasteiger charge is 2.08. The van der Waals surface area contributed by atoms with Crippen LogP contribution in [0.15, 0.2) is 24.3 Å². The van der Waals surface area contributed by atoms with E-state index in [0.29, 0.717) is 17.5 Å². The minimum Gasteiger partial charge on any atom is -0.382 e. The van der Waals surface area contributed by atoms with Crippen LogP contribution in [0.1, 0.15) is 31.1 Å². The normalized spacial score (nSPS) is 12.3. The number of nitrogens with one attached hydrogen (secondary N) is 2. The summed E-state index contributed by atoms with van der Waals surface area (Å²) >= 11 is 0. The van der Waals surface area contributed by atoms with E-state index in [9.17, 15) is 4.79 Å². The van der Waals surface area contributed by atoms with Crippen molar-refractivity contribution in [3.8, 4) is 0 Å². The van der Waals surface area contributed by atoms with Crippen LogP contribution in [0.25, 0.3) is 0 Å². The average Bonchev–Trinajstić information content (AvgIpc) is 2.28. The Labute approximate surface area is 97.2 Å². The van der Waals surface area contributed by atoms with Crippen LogP contribution < -0.4 is 10.6 Å². The molecule has 0 heterocycles. The van der Waals surface area contributed by atoms with Crippen molar-refractivity contribution in [2.24, 2.45) is 5.92 Å². The van der Waals surface area contributed by atoms with Gasteiger partial charge in [0.05, 0.1) is 0 Å². The van der Waals surface area contributed by atoms with Crippen LogP contribution in [-0.2, 0) is 0 Å². The Morgan fingerprint density at radius 2 is 1.94 bits per heavy atom. The molecule has 1 aromatic carbocycles. The Kier molecular flexibility index (Phi) is 4.35. The van der Waals surface area contributed by atoms with Crippen molar-refractivity contribution in [1.82, 2.24) is 5.32 Å². The minimum absolute atomic E-state index is 0.0548. The van der Waals surface area contributed by atoms with Crippen LogP contribution in [0.2, 0.25) is 0 Å². The highest BCUT2D eigenvalue weighted by molar-refractivity contribution is 5.94. The molecule has 0 radical (unpaired) electrons. The van der Waals surface area contributed by atoms with E-state index in [1.807, 2.05) is 24.3 Å². The molecule has 2 N–H and O–H groups in total. The zero-order valence-electron chi connectivity index (χ0n) is 10.4. The molecule has 88 valence electrons. The molecule has 1 rings (SSSR count). The molecule has 1 amide bonds. The monoisotopic (exact) mass is 220 g/mol. The first kappa shape index (κ1) is 12.6. The summed E-state index contributed by atoms with van der Waals surface area (Å²) in [5, 5.41) is 6.00. The van der Waals surface area contributed by atoms with Crippen LogP contribution in [0.5, 0.6) is 0 Å². The second-order valence-corrected chi connectivity index (χ2v) is 4.34. The van der Waals surface area contributed by atoms with Gasteiger partial charge >= 0.3 is 0 Å².